The molecule has 2 unspecified atom stereocenters. The summed E-state index contributed by atoms with van der Waals surface area (Å²) in [5, 5.41) is 13.0. The molecule has 2 atom stereocenters. The van der Waals surface area contributed by atoms with Crippen molar-refractivity contribution in [3.05, 3.63) is 16.1 Å². The molecular formula is C15H26N2OS. The van der Waals surface area contributed by atoms with Crippen LogP contribution in [-0.4, -0.2) is 33.7 Å². The van der Waals surface area contributed by atoms with Gasteiger partial charge in [-0.05, 0) is 32.7 Å². The summed E-state index contributed by atoms with van der Waals surface area (Å²) in [6.45, 7) is 10.6. The number of rotatable bonds is 4. The summed E-state index contributed by atoms with van der Waals surface area (Å²) in [4.78, 5) is 7.26. The minimum absolute atomic E-state index is 0.138. The molecule has 0 radical (unpaired) electrons. The summed E-state index contributed by atoms with van der Waals surface area (Å²) in [6, 6.07) is 0.530. The van der Waals surface area contributed by atoms with Gasteiger partial charge in [-0.15, -0.1) is 11.3 Å². The Bertz CT molecular complexity index is 409. The Morgan fingerprint density at radius 2 is 2.26 bits per heavy atom. The first kappa shape index (κ1) is 14.9. The third-order valence-electron chi connectivity index (χ3n) is 3.77. The average Bonchev–Trinajstić information content (AvgIpc) is 2.88. The van der Waals surface area contributed by atoms with Crippen LogP contribution in [-0.2, 0) is 12.0 Å². The van der Waals surface area contributed by atoms with E-state index in [1.54, 1.807) is 11.3 Å². The van der Waals surface area contributed by atoms with Crippen molar-refractivity contribution in [3.8, 4) is 0 Å². The zero-order chi connectivity index (χ0) is 14.0. The van der Waals surface area contributed by atoms with Crippen molar-refractivity contribution in [2.75, 3.05) is 6.54 Å². The summed E-state index contributed by atoms with van der Waals surface area (Å²) in [5.41, 5.74) is 1.33. The monoisotopic (exact) mass is 282 g/mol. The van der Waals surface area contributed by atoms with Gasteiger partial charge in [-0.25, -0.2) is 4.98 Å². The van der Waals surface area contributed by atoms with Gasteiger partial charge >= 0.3 is 0 Å². The molecule has 3 nitrogen and oxygen atoms in total. The molecule has 0 amide bonds. The average molecular weight is 282 g/mol. The van der Waals surface area contributed by atoms with E-state index < -0.39 is 0 Å². The molecule has 1 fully saturated rings. The van der Waals surface area contributed by atoms with E-state index in [2.05, 4.69) is 31.1 Å². The van der Waals surface area contributed by atoms with Crippen LogP contribution in [0.15, 0.2) is 5.38 Å². The molecule has 0 bridgehead atoms. The maximum absolute atomic E-state index is 9.57. The van der Waals surface area contributed by atoms with Crippen LogP contribution in [0.3, 0.4) is 0 Å². The van der Waals surface area contributed by atoms with Crippen molar-refractivity contribution in [1.82, 2.24) is 9.88 Å². The summed E-state index contributed by atoms with van der Waals surface area (Å²) in [7, 11) is 0. The first-order valence-electron chi connectivity index (χ1n) is 7.23. The number of likely N-dealkylation sites (tertiary alicyclic amines) is 1. The second-order valence-electron chi connectivity index (χ2n) is 6.73. The number of hydrogen-bond donors (Lipinski definition) is 1. The van der Waals surface area contributed by atoms with Gasteiger partial charge in [0.2, 0.25) is 0 Å². The standard InChI is InChI=1S/C15H26N2OS/c1-11(18)8-12-6-5-7-17(12)9-14-16-13(10-19-14)15(2,3)4/h10-12,18H,5-9H2,1-4H3. The minimum atomic E-state index is -0.202. The van der Waals surface area contributed by atoms with Gasteiger partial charge in [0, 0.05) is 16.8 Å². The topological polar surface area (TPSA) is 36.4 Å². The molecule has 0 aliphatic carbocycles. The number of thiazole rings is 1. The normalized spacial score (nSPS) is 22.9. The van der Waals surface area contributed by atoms with Crippen LogP contribution in [0, 0.1) is 0 Å². The smallest absolute Gasteiger partial charge is 0.107 e. The number of aliphatic hydroxyl groups excluding tert-OH is 1. The maximum atomic E-state index is 9.57. The molecular weight excluding hydrogens is 256 g/mol. The van der Waals surface area contributed by atoms with E-state index in [1.165, 1.54) is 23.5 Å². The number of aliphatic hydroxyl groups is 1. The molecule has 1 aromatic heterocycles. The van der Waals surface area contributed by atoms with Crippen molar-refractivity contribution in [2.24, 2.45) is 0 Å². The highest BCUT2D eigenvalue weighted by Crippen LogP contribution is 2.27. The zero-order valence-corrected chi connectivity index (χ0v) is 13.3. The first-order valence-corrected chi connectivity index (χ1v) is 8.11. The number of nitrogens with zero attached hydrogens (tertiary/aromatic N) is 2. The lowest BCUT2D eigenvalue weighted by Gasteiger charge is -2.24. The molecule has 0 saturated carbocycles. The van der Waals surface area contributed by atoms with Crippen LogP contribution in [0.2, 0.25) is 0 Å². The van der Waals surface area contributed by atoms with Gasteiger partial charge in [0.1, 0.15) is 5.01 Å². The van der Waals surface area contributed by atoms with E-state index in [9.17, 15) is 5.11 Å². The molecule has 2 heterocycles. The van der Waals surface area contributed by atoms with E-state index >= 15 is 0 Å². The SMILES string of the molecule is CC(O)CC1CCCN1Cc1nc(C(C)(C)C)cs1. The predicted octanol–water partition coefficient (Wildman–Crippen LogP) is 3.18. The highest BCUT2D eigenvalue weighted by Gasteiger charge is 2.27. The van der Waals surface area contributed by atoms with Crippen molar-refractivity contribution < 1.29 is 5.11 Å². The van der Waals surface area contributed by atoms with Crippen LogP contribution in [0.1, 0.15) is 57.7 Å². The van der Waals surface area contributed by atoms with Gasteiger partial charge < -0.3 is 5.11 Å². The van der Waals surface area contributed by atoms with Crippen LogP contribution in [0.4, 0.5) is 0 Å². The van der Waals surface area contributed by atoms with Crippen LogP contribution in [0.25, 0.3) is 0 Å². The molecule has 1 aliphatic rings. The van der Waals surface area contributed by atoms with Crippen LogP contribution < -0.4 is 0 Å². The minimum Gasteiger partial charge on any atom is -0.393 e. The Labute approximate surface area is 120 Å². The van der Waals surface area contributed by atoms with Crippen LogP contribution in [0.5, 0.6) is 0 Å². The van der Waals surface area contributed by atoms with E-state index in [-0.39, 0.29) is 11.5 Å². The summed E-state index contributed by atoms with van der Waals surface area (Å²) in [6.07, 6.45) is 3.14. The highest BCUT2D eigenvalue weighted by atomic mass is 32.1. The zero-order valence-electron chi connectivity index (χ0n) is 12.5. The Morgan fingerprint density at radius 3 is 2.84 bits per heavy atom. The predicted molar refractivity (Wildman–Crippen MR) is 80.5 cm³/mol. The van der Waals surface area contributed by atoms with Gasteiger partial charge in [0.25, 0.3) is 0 Å². The molecule has 1 aromatic rings. The Morgan fingerprint density at radius 1 is 1.53 bits per heavy atom. The van der Waals surface area contributed by atoms with Gasteiger partial charge in [0.05, 0.1) is 18.3 Å². The molecule has 1 aliphatic heterocycles. The van der Waals surface area contributed by atoms with Crippen molar-refractivity contribution in [2.45, 2.75) is 71.1 Å². The second-order valence-corrected chi connectivity index (χ2v) is 7.67. The van der Waals surface area contributed by atoms with E-state index in [0.717, 1.165) is 19.5 Å². The lowest BCUT2D eigenvalue weighted by Crippen LogP contribution is -2.31. The van der Waals surface area contributed by atoms with Gasteiger partial charge in [0.15, 0.2) is 0 Å². The fraction of sp³-hybridized carbons (Fsp3) is 0.800. The van der Waals surface area contributed by atoms with Crippen LogP contribution >= 0.6 is 11.3 Å². The Kier molecular flexibility index (Phi) is 4.64. The van der Waals surface area contributed by atoms with Gasteiger partial charge in [-0.2, -0.15) is 0 Å². The Balaban J connectivity index is 1.98. The second kappa shape index (κ2) is 5.90. The van der Waals surface area contributed by atoms with Crippen molar-refractivity contribution in [3.63, 3.8) is 0 Å². The van der Waals surface area contributed by atoms with Gasteiger partial charge in [-0.3, -0.25) is 4.90 Å². The maximum Gasteiger partial charge on any atom is 0.107 e. The third kappa shape index (κ3) is 4.01. The fourth-order valence-electron chi connectivity index (χ4n) is 2.67. The lowest BCUT2D eigenvalue weighted by atomic mass is 9.93. The lowest BCUT2D eigenvalue weighted by molar-refractivity contribution is 0.130. The molecule has 1 N–H and O–H groups in total. The quantitative estimate of drug-likeness (QED) is 0.921. The van der Waals surface area contributed by atoms with Crippen molar-refractivity contribution >= 4 is 11.3 Å². The molecule has 1 saturated heterocycles. The largest absolute Gasteiger partial charge is 0.393 e. The molecule has 19 heavy (non-hydrogen) atoms. The molecule has 0 aromatic carbocycles. The van der Waals surface area contributed by atoms with E-state index in [0.29, 0.717) is 6.04 Å². The molecule has 108 valence electrons. The van der Waals surface area contributed by atoms with Gasteiger partial charge in [-0.1, -0.05) is 20.8 Å². The number of hydrogen-bond acceptors (Lipinski definition) is 4. The summed E-state index contributed by atoms with van der Waals surface area (Å²) >= 11 is 1.77. The summed E-state index contributed by atoms with van der Waals surface area (Å²) in [5.74, 6) is 0. The fourth-order valence-corrected chi connectivity index (χ4v) is 3.71. The van der Waals surface area contributed by atoms with Crippen molar-refractivity contribution in [1.29, 1.82) is 0 Å². The highest BCUT2D eigenvalue weighted by molar-refractivity contribution is 7.09. The Hall–Kier alpha value is -0.450. The number of aromatic nitrogens is 1. The molecule has 2 rings (SSSR count). The van der Waals surface area contributed by atoms with E-state index in [4.69, 9.17) is 4.98 Å². The summed E-state index contributed by atoms with van der Waals surface area (Å²) < 4.78 is 0. The molecule has 4 heteroatoms. The first-order chi connectivity index (χ1) is 8.86. The molecule has 0 spiro atoms. The third-order valence-corrected chi connectivity index (χ3v) is 4.60. The van der Waals surface area contributed by atoms with E-state index in [1.807, 2.05) is 6.92 Å².